The standard InChI is InChI=1S/C12H15ClFNO2/c1-17-9-5-6-10(14)11(8-9)15-12(16)4-2-3-7-13/h5-6,8H,2-4,7H2,1H3,(H,15,16). The molecular formula is C12H15ClFNO2. The van der Waals surface area contributed by atoms with Crippen LogP contribution in [0.5, 0.6) is 5.75 Å². The Labute approximate surface area is 105 Å². The van der Waals surface area contributed by atoms with E-state index in [1.54, 1.807) is 0 Å². The lowest BCUT2D eigenvalue weighted by Gasteiger charge is -2.08. The molecule has 1 rings (SSSR count). The number of methoxy groups -OCH3 is 1. The third-order valence-electron chi connectivity index (χ3n) is 2.24. The van der Waals surface area contributed by atoms with Crippen molar-refractivity contribution < 1.29 is 13.9 Å². The highest BCUT2D eigenvalue weighted by Gasteiger charge is 2.07. The first kappa shape index (κ1) is 13.8. The lowest BCUT2D eigenvalue weighted by Crippen LogP contribution is -2.12. The van der Waals surface area contributed by atoms with Gasteiger partial charge < -0.3 is 10.1 Å². The van der Waals surface area contributed by atoms with Gasteiger partial charge in [0.1, 0.15) is 11.6 Å². The number of ether oxygens (including phenoxy) is 1. The third kappa shape index (κ3) is 4.61. The Bertz CT molecular complexity index is 385. The largest absolute Gasteiger partial charge is 0.497 e. The molecule has 1 amide bonds. The Balaban J connectivity index is 2.57. The summed E-state index contributed by atoms with van der Waals surface area (Å²) < 4.78 is 18.3. The van der Waals surface area contributed by atoms with Gasteiger partial charge in [-0.3, -0.25) is 4.79 Å². The van der Waals surface area contributed by atoms with Gasteiger partial charge in [-0.2, -0.15) is 0 Å². The maximum Gasteiger partial charge on any atom is 0.224 e. The lowest BCUT2D eigenvalue weighted by molar-refractivity contribution is -0.116. The number of nitrogens with one attached hydrogen (secondary N) is 1. The Morgan fingerprint density at radius 3 is 2.88 bits per heavy atom. The molecular weight excluding hydrogens is 245 g/mol. The second-order valence-electron chi connectivity index (χ2n) is 3.54. The molecule has 1 N–H and O–H groups in total. The summed E-state index contributed by atoms with van der Waals surface area (Å²) in [6.45, 7) is 0. The molecule has 0 radical (unpaired) electrons. The summed E-state index contributed by atoms with van der Waals surface area (Å²) >= 11 is 5.50. The second kappa shape index (κ2) is 7.12. The van der Waals surface area contributed by atoms with Crippen molar-refractivity contribution in [2.75, 3.05) is 18.3 Å². The molecule has 0 spiro atoms. The van der Waals surface area contributed by atoms with Gasteiger partial charge in [0.2, 0.25) is 5.91 Å². The zero-order chi connectivity index (χ0) is 12.7. The van der Waals surface area contributed by atoms with E-state index in [-0.39, 0.29) is 11.6 Å². The zero-order valence-corrected chi connectivity index (χ0v) is 10.4. The summed E-state index contributed by atoms with van der Waals surface area (Å²) in [7, 11) is 1.49. The van der Waals surface area contributed by atoms with Crippen LogP contribution in [0.1, 0.15) is 19.3 Å². The van der Waals surface area contributed by atoms with E-state index in [1.807, 2.05) is 0 Å². The first-order chi connectivity index (χ1) is 8.17. The highest BCUT2D eigenvalue weighted by atomic mass is 35.5. The fourth-order valence-electron chi connectivity index (χ4n) is 1.32. The van der Waals surface area contributed by atoms with Crippen LogP contribution in [0.2, 0.25) is 0 Å². The van der Waals surface area contributed by atoms with E-state index in [4.69, 9.17) is 16.3 Å². The number of benzene rings is 1. The van der Waals surface area contributed by atoms with E-state index in [0.29, 0.717) is 24.5 Å². The van der Waals surface area contributed by atoms with E-state index in [2.05, 4.69) is 5.32 Å². The van der Waals surface area contributed by atoms with Gasteiger partial charge in [0, 0.05) is 18.4 Å². The summed E-state index contributed by atoms with van der Waals surface area (Å²) in [6, 6.07) is 4.21. The van der Waals surface area contributed by atoms with Gasteiger partial charge in [-0.1, -0.05) is 0 Å². The van der Waals surface area contributed by atoms with Gasteiger partial charge in [-0.05, 0) is 25.0 Å². The van der Waals surface area contributed by atoms with Crippen molar-refractivity contribution in [3.8, 4) is 5.75 Å². The summed E-state index contributed by atoms with van der Waals surface area (Å²) in [6.07, 6.45) is 1.81. The van der Waals surface area contributed by atoms with Crippen LogP contribution in [0.25, 0.3) is 0 Å². The van der Waals surface area contributed by atoms with Crippen LogP contribution in [0.3, 0.4) is 0 Å². The SMILES string of the molecule is COc1ccc(F)c(NC(=O)CCCCCl)c1. The fourth-order valence-corrected chi connectivity index (χ4v) is 1.51. The summed E-state index contributed by atoms with van der Waals surface area (Å²) in [5.41, 5.74) is 0.139. The van der Waals surface area contributed by atoms with Crippen LogP contribution in [0, 0.1) is 5.82 Å². The zero-order valence-electron chi connectivity index (χ0n) is 9.63. The number of anilines is 1. The summed E-state index contributed by atoms with van der Waals surface area (Å²) in [4.78, 5) is 11.5. The number of hydrogen-bond acceptors (Lipinski definition) is 2. The first-order valence-electron chi connectivity index (χ1n) is 5.36. The lowest BCUT2D eigenvalue weighted by atomic mass is 10.2. The van der Waals surface area contributed by atoms with E-state index in [9.17, 15) is 9.18 Å². The topological polar surface area (TPSA) is 38.3 Å². The number of halogens is 2. The van der Waals surface area contributed by atoms with Gasteiger partial charge in [-0.25, -0.2) is 4.39 Å². The van der Waals surface area contributed by atoms with Crippen LogP contribution >= 0.6 is 11.6 Å². The molecule has 17 heavy (non-hydrogen) atoms. The molecule has 0 unspecified atom stereocenters. The monoisotopic (exact) mass is 259 g/mol. The summed E-state index contributed by atoms with van der Waals surface area (Å²) in [5.74, 6) is 0.335. The number of alkyl halides is 1. The van der Waals surface area contributed by atoms with Crippen molar-refractivity contribution in [2.45, 2.75) is 19.3 Å². The normalized spacial score (nSPS) is 10.1. The average molecular weight is 260 g/mol. The van der Waals surface area contributed by atoms with Crippen molar-refractivity contribution in [2.24, 2.45) is 0 Å². The number of carbonyl (C=O) groups is 1. The van der Waals surface area contributed by atoms with Crippen molar-refractivity contribution in [1.82, 2.24) is 0 Å². The second-order valence-corrected chi connectivity index (χ2v) is 3.92. The maximum absolute atomic E-state index is 13.4. The van der Waals surface area contributed by atoms with Crippen LogP contribution < -0.4 is 10.1 Å². The van der Waals surface area contributed by atoms with Crippen LogP contribution in [-0.4, -0.2) is 18.9 Å². The molecule has 5 heteroatoms. The molecule has 0 aliphatic rings. The van der Waals surface area contributed by atoms with Gasteiger partial charge in [-0.15, -0.1) is 11.6 Å². The minimum absolute atomic E-state index is 0.139. The summed E-state index contributed by atoms with van der Waals surface area (Å²) in [5, 5.41) is 2.51. The Morgan fingerprint density at radius 1 is 1.47 bits per heavy atom. The predicted octanol–water partition coefficient (Wildman–Crippen LogP) is 3.18. The quantitative estimate of drug-likeness (QED) is 0.629. The molecule has 0 saturated carbocycles. The molecule has 0 bridgehead atoms. The van der Waals surface area contributed by atoms with E-state index < -0.39 is 5.82 Å². The Hall–Kier alpha value is -1.29. The smallest absolute Gasteiger partial charge is 0.224 e. The molecule has 0 fully saturated rings. The molecule has 3 nitrogen and oxygen atoms in total. The number of unbranched alkanes of at least 4 members (excludes halogenated alkanes) is 1. The molecule has 0 atom stereocenters. The Morgan fingerprint density at radius 2 is 2.24 bits per heavy atom. The molecule has 0 aromatic heterocycles. The van der Waals surface area contributed by atoms with Crippen LogP contribution in [-0.2, 0) is 4.79 Å². The van der Waals surface area contributed by atoms with Crippen molar-refractivity contribution >= 4 is 23.2 Å². The minimum Gasteiger partial charge on any atom is -0.497 e. The highest BCUT2D eigenvalue weighted by Crippen LogP contribution is 2.21. The van der Waals surface area contributed by atoms with Crippen molar-refractivity contribution in [1.29, 1.82) is 0 Å². The molecule has 94 valence electrons. The third-order valence-corrected chi connectivity index (χ3v) is 2.50. The average Bonchev–Trinajstić information content (AvgIpc) is 2.32. The van der Waals surface area contributed by atoms with Crippen molar-refractivity contribution in [3.05, 3.63) is 24.0 Å². The van der Waals surface area contributed by atoms with E-state index >= 15 is 0 Å². The number of amides is 1. The fraction of sp³-hybridized carbons (Fsp3) is 0.417. The van der Waals surface area contributed by atoms with Gasteiger partial charge in [0.25, 0.3) is 0 Å². The van der Waals surface area contributed by atoms with E-state index in [0.717, 1.165) is 6.42 Å². The number of carbonyl (C=O) groups excluding carboxylic acids is 1. The predicted molar refractivity (Wildman–Crippen MR) is 66.2 cm³/mol. The molecule has 0 aliphatic heterocycles. The van der Waals surface area contributed by atoms with Crippen LogP contribution in [0.15, 0.2) is 18.2 Å². The molecule has 0 aliphatic carbocycles. The number of rotatable bonds is 6. The number of hydrogen-bond donors (Lipinski definition) is 1. The first-order valence-corrected chi connectivity index (χ1v) is 5.90. The van der Waals surface area contributed by atoms with Gasteiger partial charge >= 0.3 is 0 Å². The van der Waals surface area contributed by atoms with Crippen LogP contribution in [0.4, 0.5) is 10.1 Å². The Kier molecular flexibility index (Phi) is 5.77. The van der Waals surface area contributed by atoms with Crippen molar-refractivity contribution in [3.63, 3.8) is 0 Å². The van der Waals surface area contributed by atoms with Gasteiger partial charge in [0.05, 0.1) is 12.8 Å². The van der Waals surface area contributed by atoms with E-state index in [1.165, 1.54) is 25.3 Å². The maximum atomic E-state index is 13.4. The minimum atomic E-state index is -0.475. The molecule has 0 heterocycles. The highest BCUT2D eigenvalue weighted by molar-refractivity contribution is 6.17. The molecule has 1 aromatic carbocycles. The molecule has 1 aromatic rings. The molecule has 0 saturated heterocycles. The van der Waals surface area contributed by atoms with Gasteiger partial charge in [0.15, 0.2) is 0 Å².